The fourth-order valence-corrected chi connectivity index (χ4v) is 4.31. The topological polar surface area (TPSA) is 173 Å². The molecule has 28 heavy (non-hydrogen) atoms. The Balaban J connectivity index is 1.95. The molecule has 1 aliphatic rings. The Morgan fingerprint density at radius 3 is 1.79 bits per heavy atom. The quantitative estimate of drug-likeness (QED) is 0.450. The van der Waals surface area contributed by atoms with E-state index in [0.717, 1.165) is 24.5 Å². The van der Waals surface area contributed by atoms with Crippen LogP contribution in [0.15, 0.2) is 24.3 Å². The highest BCUT2D eigenvalue weighted by Gasteiger charge is 2.42. The van der Waals surface area contributed by atoms with E-state index < -0.39 is 45.6 Å². The van der Waals surface area contributed by atoms with Gasteiger partial charge in [-0.05, 0) is 36.0 Å². The van der Waals surface area contributed by atoms with E-state index >= 15 is 0 Å². The fraction of sp³-hybridized carbons (Fsp3) is 0.333. The van der Waals surface area contributed by atoms with Gasteiger partial charge >= 0.3 is 0 Å². The summed E-state index contributed by atoms with van der Waals surface area (Å²) in [4.78, 5) is 0. The van der Waals surface area contributed by atoms with E-state index in [4.69, 9.17) is 0 Å². The zero-order valence-corrected chi connectivity index (χ0v) is 15.8. The minimum atomic E-state index is -3.66. The average Bonchev–Trinajstić information content (AvgIpc) is 2.52. The van der Waals surface area contributed by atoms with Crippen LogP contribution >= 0.6 is 0 Å². The molecule has 5 N–H and O–H groups in total. The Morgan fingerprint density at radius 1 is 0.857 bits per heavy atom. The molecule has 9 nitrogen and oxygen atoms in total. The summed E-state index contributed by atoms with van der Waals surface area (Å²) in [6.45, 7) is 1.54. The van der Waals surface area contributed by atoms with Gasteiger partial charge in [0.25, 0.3) is 0 Å². The van der Waals surface area contributed by atoms with Crippen molar-refractivity contribution in [3.8, 4) is 23.0 Å². The third-order valence-corrected chi connectivity index (χ3v) is 5.48. The van der Waals surface area contributed by atoms with Crippen molar-refractivity contribution in [3.05, 3.63) is 41.0 Å². The first kappa shape index (κ1) is 20.1. The number of hydrogen-bond acceptors (Lipinski definition) is 8. The van der Waals surface area contributed by atoms with Crippen molar-refractivity contribution in [2.45, 2.75) is 31.0 Å². The lowest BCUT2D eigenvalue weighted by Crippen LogP contribution is -2.63. The Kier molecular flexibility index (Phi) is 4.82. The van der Waals surface area contributed by atoms with Crippen LogP contribution in [0, 0.1) is 6.92 Å². The highest BCUT2D eigenvalue weighted by molar-refractivity contribution is 7.92. The molecule has 1 saturated carbocycles. The van der Waals surface area contributed by atoms with E-state index in [0.29, 0.717) is 5.56 Å². The summed E-state index contributed by atoms with van der Waals surface area (Å²) in [5, 5.41) is 65.4. The van der Waals surface area contributed by atoms with Crippen molar-refractivity contribution in [1.82, 2.24) is 0 Å². The Bertz CT molecular complexity index is 980. The third-order valence-electron chi connectivity index (χ3n) is 4.87. The lowest BCUT2D eigenvalue weighted by molar-refractivity contribution is -0.536. The molecular weight excluding hydrogens is 390 g/mol. The van der Waals surface area contributed by atoms with E-state index in [1.165, 1.54) is 6.07 Å². The number of benzene rings is 2. The van der Waals surface area contributed by atoms with Gasteiger partial charge in [0.2, 0.25) is 10.0 Å². The smallest absolute Gasteiger partial charge is 0.229 e. The summed E-state index contributed by atoms with van der Waals surface area (Å²) >= 11 is 0. The van der Waals surface area contributed by atoms with Crippen LogP contribution in [-0.4, -0.2) is 47.3 Å². The molecule has 2 aromatic carbocycles. The molecule has 0 spiro atoms. The van der Waals surface area contributed by atoms with E-state index in [9.17, 15) is 39.1 Å². The minimum absolute atomic E-state index is 0.117. The standard InChI is InChI=1S/C18H19NO8S/c1-7-3-9(20)6-12(23)13(7)15-17(24)16(18(15)25)14-10(21)4-8(5-11(14)22)19-28(2,26)27/h3-6,15-23H,1-2H3/q-2. The Hall–Kier alpha value is -2.69. The van der Waals surface area contributed by atoms with E-state index in [1.807, 2.05) is 0 Å². The van der Waals surface area contributed by atoms with Crippen LogP contribution in [0.2, 0.25) is 0 Å². The average molecular weight is 409 g/mol. The van der Waals surface area contributed by atoms with Gasteiger partial charge in [0.05, 0.1) is 11.9 Å². The molecule has 10 heteroatoms. The second-order valence-electron chi connectivity index (χ2n) is 6.98. The highest BCUT2D eigenvalue weighted by atomic mass is 32.2. The van der Waals surface area contributed by atoms with Crippen LogP contribution in [0.3, 0.4) is 0 Å². The minimum Gasteiger partial charge on any atom is -0.851 e. The number of aromatic hydroxyl groups is 4. The van der Waals surface area contributed by atoms with E-state index in [-0.39, 0.29) is 28.3 Å². The molecule has 0 heterocycles. The number of aryl methyl sites for hydroxylation is 1. The Labute approximate surface area is 161 Å². The fourth-order valence-electron chi connectivity index (χ4n) is 3.76. The maximum absolute atomic E-state index is 12.8. The SMILES string of the molecule is Cc1cc(O)cc(O)c1C1C([O-])C(c2c(O)cc(NS(C)(=O)=O)cc2O)C1[O-]. The highest BCUT2D eigenvalue weighted by Crippen LogP contribution is 2.53. The van der Waals surface area contributed by atoms with Crippen molar-refractivity contribution in [2.75, 3.05) is 11.0 Å². The number of anilines is 1. The van der Waals surface area contributed by atoms with Crippen LogP contribution in [0.1, 0.15) is 28.5 Å². The largest absolute Gasteiger partial charge is 0.851 e. The van der Waals surface area contributed by atoms with Crippen molar-refractivity contribution in [2.24, 2.45) is 0 Å². The molecule has 2 aromatic rings. The molecule has 1 fully saturated rings. The first-order valence-corrected chi connectivity index (χ1v) is 10.2. The van der Waals surface area contributed by atoms with Crippen LogP contribution in [0.4, 0.5) is 5.69 Å². The molecule has 0 amide bonds. The van der Waals surface area contributed by atoms with Gasteiger partial charge in [-0.1, -0.05) is 0 Å². The molecule has 0 aliphatic heterocycles. The zero-order chi connectivity index (χ0) is 21.0. The number of rotatable bonds is 4. The van der Waals surface area contributed by atoms with Crippen molar-refractivity contribution in [3.63, 3.8) is 0 Å². The lowest BCUT2D eigenvalue weighted by Gasteiger charge is -2.62. The first-order chi connectivity index (χ1) is 12.9. The molecule has 1 aliphatic carbocycles. The van der Waals surface area contributed by atoms with Gasteiger partial charge < -0.3 is 30.6 Å². The van der Waals surface area contributed by atoms with Crippen LogP contribution in [0.5, 0.6) is 23.0 Å². The second-order valence-corrected chi connectivity index (χ2v) is 8.73. The number of nitrogens with one attached hydrogen (secondary N) is 1. The molecule has 2 unspecified atom stereocenters. The molecule has 0 bridgehead atoms. The van der Waals surface area contributed by atoms with Gasteiger partial charge in [-0.15, -0.1) is 12.2 Å². The first-order valence-electron chi connectivity index (χ1n) is 8.28. The van der Waals surface area contributed by atoms with Gasteiger partial charge in [0, 0.05) is 23.8 Å². The van der Waals surface area contributed by atoms with Crippen LogP contribution in [0.25, 0.3) is 0 Å². The number of phenols is 4. The lowest BCUT2D eigenvalue weighted by atomic mass is 9.62. The van der Waals surface area contributed by atoms with E-state index in [2.05, 4.69) is 4.72 Å². The van der Waals surface area contributed by atoms with Crippen LogP contribution < -0.4 is 14.9 Å². The molecule has 0 saturated heterocycles. The van der Waals surface area contributed by atoms with E-state index in [1.54, 1.807) is 6.92 Å². The Morgan fingerprint density at radius 2 is 1.32 bits per heavy atom. The van der Waals surface area contributed by atoms with Crippen LogP contribution in [-0.2, 0) is 10.0 Å². The third kappa shape index (κ3) is 3.41. The predicted octanol–water partition coefficient (Wildman–Crippen LogP) is -0.472. The molecule has 2 atom stereocenters. The van der Waals surface area contributed by atoms with Gasteiger partial charge in [-0.25, -0.2) is 8.42 Å². The van der Waals surface area contributed by atoms with Gasteiger partial charge in [-0.2, -0.15) is 0 Å². The van der Waals surface area contributed by atoms with Crippen molar-refractivity contribution < 1.29 is 39.1 Å². The van der Waals surface area contributed by atoms with Gasteiger partial charge in [0.1, 0.15) is 23.0 Å². The van der Waals surface area contributed by atoms with Gasteiger partial charge in [-0.3, -0.25) is 4.72 Å². The van der Waals surface area contributed by atoms with Crippen molar-refractivity contribution in [1.29, 1.82) is 0 Å². The monoisotopic (exact) mass is 409 g/mol. The predicted molar refractivity (Wildman–Crippen MR) is 95.8 cm³/mol. The molecular formula is C18H19NO8S-2. The molecule has 0 aromatic heterocycles. The molecule has 0 radical (unpaired) electrons. The maximum atomic E-state index is 12.8. The zero-order valence-electron chi connectivity index (χ0n) is 14.9. The number of hydrogen-bond donors (Lipinski definition) is 5. The molecule has 3 rings (SSSR count). The summed E-state index contributed by atoms with van der Waals surface area (Å²) in [5.41, 5.74) is 0.132. The van der Waals surface area contributed by atoms with Crippen molar-refractivity contribution >= 4 is 15.7 Å². The number of phenolic OH excluding ortho intramolecular Hbond substituents is 4. The second kappa shape index (κ2) is 6.73. The maximum Gasteiger partial charge on any atom is 0.229 e. The molecule has 152 valence electrons. The normalized spacial score (nSPS) is 24.6. The summed E-state index contributed by atoms with van der Waals surface area (Å²) in [7, 11) is -3.66. The summed E-state index contributed by atoms with van der Waals surface area (Å²) in [5.74, 6) is -4.15. The summed E-state index contributed by atoms with van der Waals surface area (Å²) < 4.78 is 24.7. The van der Waals surface area contributed by atoms with Gasteiger partial charge in [0.15, 0.2) is 0 Å². The number of sulfonamides is 1. The summed E-state index contributed by atoms with van der Waals surface area (Å²) in [6, 6.07) is 4.37. The summed E-state index contributed by atoms with van der Waals surface area (Å²) in [6.07, 6.45) is -2.25.